The zero-order valence-corrected chi connectivity index (χ0v) is 20.1. The van der Waals surface area contributed by atoms with Gasteiger partial charge >= 0.3 is 0 Å². The number of rotatable bonds is 7. The molecule has 1 aromatic heterocycles. The van der Waals surface area contributed by atoms with Gasteiger partial charge in [0.15, 0.2) is 0 Å². The van der Waals surface area contributed by atoms with E-state index in [4.69, 9.17) is 5.73 Å². The highest BCUT2D eigenvalue weighted by Crippen LogP contribution is 2.39. The van der Waals surface area contributed by atoms with Crippen molar-refractivity contribution in [1.82, 2.24) is 9.21 Å². The Balaban J connectivity index is 1.36. The van der Waals surface area contributed by atoms with Crippen LogP contribution < -0.4 is 11.1 Å². The lowest BCUT2D eigenvalue weighted by atomic mass is 10.1. The number of aryl methyl sites for hydroxylation is 1. The zero-order chi connectivity index (χ0) is 23.6. The van der Waals surface area contributed by atoms with Crippen LogP contribution in [-0.2, 0) is 27.7 Å². The number of fused-ring (bicyclic) bond motifs is 1. The lowest BCUT2D eigenvalue weighted by molar-refractivity contribution is -0.121. The summed E-state index contributed by atoms with van der Waals surface area (Å²) in [6.45, 7) is 3.28. The van der Waals surface area contributed by atoms with Gasteiger partial charge in [-0.1, -0.05) is 30.3 Å². The lowest BCUT2D eigenvalue weighted by Crippen LogP contribution is -2.53. The Morgan fingerprint density at radius 1 is 1.12 bits per heavy atom. The Labute approximate surface area is 198 Å². The summed E-state index contributed by atoms with van der Waals surface area (Å²) in [5, 5.41) is 4.65. The molecule has 1 fully saturated rings. The smallest absolute Gasteiger partial charge is 0.251 e. The third-order valence-corrected chi connectivity index (χ3v) is 8.97. The number of nitrogens with one attached hydrogen (secondary N) is 1. The standard InChI is InChI=1S/C23H28N4O4S2/c1-16(22(29)25-23-20(21(24)28)18-8-5-9-19(18)32-23)26-11-13-27(14-12-26)33(30,31)15-10-17-6-3-2-4-7-17/h2-4,6-7,10,15-16H,5,8-9,11-14H2,1H3,(H2,24,28)(H,25,29). The van der Waals surface area contributed by atoms with Crippen molar-refractivity contribution < 1.29 is 18.0 Å². The monoisotopic (exact) mass is 488 g/mol. The van der Waals surface area contributed by atoms with Gasteiger partial charge in [0.05, 0.1) is 11.6 Å². The topological polar surface area (TPSA) is 113 Å². The number of primary amides is 1. The first kappa shape index (κ1) is 23.6. The predicted octanol–water partition coefficient (Wildman–Crippen LogP) is 2.28. The minimum atomic E-state index is -3.54. The number of thiophene rings is 1. The molecule has 1 aromatic carbocycles. The summed E-state index contributed by atoms with van der Waals surface area (Å²) in [7, 11) is -3.54. The van der Waals surface area contributed by atoms with E-state index in [1.165, 1.54) is 21.1 Å². The highest BCUT2D eigenvalue weighted by atomic mass is 32.2. The molecule has 1 saturated heterocycles. The van der Waals surface area contributed by atoms with Crippen LogP contribution in [0.15, 0.2) is 35.7 Å². The quantitative estimate of drug-likeness (QED) is 0.621. The van der Waals surface area contributed by atoms with Gasteiger partial charge in [0, 0.05) is 36.5 Å². The van der Waals surface area contributed by atoms with Crippen LogP contribution in [0.4, 0.5) is 5.00 Å². The van der Waals surface area contributed by atoms with Crippen molar-refractivity contribution in [1.29, 1.82) is 0 Å². The molecule has 10 heteroatoms. The summed E-state index contributed by atoms with van der Waals surface area (Å²) < 4.78 is 26.8. The highest BCUT2D eigenvalue weighted by Gasteiger charge is 2.31. The SMILES string of the molecule is CC(C(=O)Nc1sc2c(c1C(N)=O)CCC2)N1CCN(S(=O)(=O)C=Cc2ccccc2)CC1. The summed E-state index contributed by atoms with van der Waals surface area (Å²) in [6, 6.07) is 8.81. The molecule has 2 aromatic rings. The molecule has 1 atom stereocenters. The van der Waals surface area contributed by atoms with Crippen molar-refractivity contribution in [3.05, 3.63) is 57.3 Å². The molecule has 4 rings (SSSR count). The molecule has 176 valence electrons. The predicted molar refractivity (Wildman–Crippen MR) is 130 cm³/mol. The maximum absolute atomic E-state index is 12.9. The maximum atomic E-state index is 12.9. The van der Waals surface area contributed by atoms with Gasteiger partial charge in [0.25, 0.3) is 5.91 Å². The maximum Gasteiger partial charge on any atom is 0.251 e. The van der Waals surface area contributed by atoms with Crippen LogP contribution in [0.2, 0.25) is 0 Å². The fraction of sp³-hybridized carbons (Fsp3) is 0.391. The Hall–Kier alpha value is -2.53. The van der Waals surface area contributed by atoms with Crippen LogP contribution in [0.1, 0.15) is 39.7 Å². The van der Waals surface area contributed by atoms with Gasteiger partial charge in [-0.05, 0) is 43.4 Å². The van der Waals surface area contributed by atoms with Gasteiger partial charge in [0.1, 0.15) is 5.00 Å². The number of nitrogens with zero attached hydrogens (tertiary/aromatic N) is 2. The van der Waals surface area contributed by atoms with Crippen LogP contribution >= 0.6 is 11.3 Å². The van der Waals surface area contributed by atoms with E-state index in [-0.39, 0.29) is 5.91 Å². The third kappa shape index (κ3) is 5.19. The molecule has 1 aliphatic heterocycles. The zero-order valence-electron chi connectivity index (χ0n) is 18.5. The Bertz CT molecular complexity index is 1170. The van der Waals surface area contributed by atoms with Crippen LogP contribution in [0, 0.1) is 0 Å². The molecule has 0 spiro atoms. The number of hydrogen-bond donors (Lipinski definition) is 2. The third-order valence-electron chi connectivity index (χ3n) is 6.20. The van der Waals surface area contributed by atoms with E-state index in [1.807, 2.05) is 35.2 Å². The van der Waals surface area contributed by atoms with Gasteiger partial charge in [0.2, 0.25) is 15.9 Å². The summed E-state index contributed by atoms with van der Waals surface area (Å²) in [6.07, 6.45) is 4.30. The summed E-state index contributed by atoms with van der Waals surface area (Å²) in [5.74, 6) is -0.738. The molecule has 0 saturated carbocycles. The van der Waals surface area contributed by atoms with Gasteiger partial charge in [-0.2, -0.15) is 4.31 Å². The largest absolute Gasteiger partial charge is 0.365 e. The van der Waals surface area contributed by atoms with Crippen molar-refractivity contribution in [3.63, 3.8) is 0 Å². The molecule has 2 amide bonds. The molecule has 2 aliphatic rings. The van der Waals surface area contributed by atoms with Gasteiger partial charge < -0.3 is 11.1 Å². The van der Waals surface area contributed by atoms with Gasteiger partial charge in [-0.25, -0.2) is 8.42 Å². The molecule has 2 heterocycles. The van der Waals surface area contributed by atoms with E-state index in [0.717, 1.165) is 35.3 Å². The summed E-state index contributed by atoms with van der Waals surface area (Å²) >= 11 is 1.43. The second kappa shape index (κ2) is 9.76. The van der Waals surface area contributed by atoms with E-state index in [2.05, 4.69) is 5.32 Å². The molecular weight excluding hydrogens is 460 g/mol. The van der Waals surface area contributed by atoms with Crippen molar-refractivity contribution in [2.75, 3.05) is 31.5 Å². The number of anilines is 1. The van der Waals surface area contributed by atoms with E-state index >= 15 is 0 Å². The van der Waals surface area contributed by atoms with Crippen molar-refractivity contribution in [2.24, 2.45) is 5.73 Å². The molecule has 0 bridgehead atoms. The molecule has 1 unspecified atom stereocenters. The normalized spacial score (nSPS) is 18.3. The Morgan fingerprint density at radius 3 is 2.48 bits per heavy atom. The van der Waals surface area contributed by atoms with Crippen molar-refractivity contribution >= 4 is 44.3 Å². The number of benzene rings is 1. The van der Waals surface area contributed by atoms with E-state index in [9.17, 15) is 18.0 Å². The van der Waals surface area contributed by atoms with Crippen LogP contribution in [0.3, 0.4) is 0 Å². The second-order valence-corrected chi connectivity index (χ2v) is 11.2. The van der Waals surface area contributed by atoms with Gasteiger partial charge in [-0.15, -0.1) is 11.3 Å². The molecule has 8 nitrogen and oxygen atoms in total. The van der Waals surface area contributed by atoms with Gasteiger partial charge in [-0.3, -0.25) is 14.5 Å². The first-order valence-corrected chi connectivity index (χ1v) is 13.3. The number of nitrogens with two attached hydrogens (primary N) is 1. The highest BCUT2D eigenvalue weighted by molar-refractivity contribution is 7.92. The number of carbonyl (C=O) groups is 2. The van der Waals surface area contributed by atoms with Crippen LogP contribution in [0.5, 0.6) is 0 Å². The number of amides is 2. The second-order valence-electron chi connectivity index (χ2n) is 8.28. The number of carbonyl (C=O) groups excluding carboxylic acids is 2. The summed E-state index contributed by atoms with van der Waals surface area (Å²) in [4.78, 5) is 28.0. The lowest BCUT2D eigenvalue weighted by Gasteiger charge is -2.36. The van der Waals surface area contributed by atoms with E-state index < -0.39 is 22.0 Å². The first-order valence-electron chi connectivity index (χ1n) is 11.0. The average Bonchev–Trinajstić information content (AvgIpc) is 3.38. The fourth-order valence-electron chi connectivity index (χ4n) is 4.30. The van der Waals surface area contributed by atoms with Crippen LogP contribution in [-0.4, -0.2) is 61.7 Å². The fourth-order valence-corrected chi connectivity index (χ4v) is 6.77. The van der Waals surface area contributed by atoms with Crippen molar-refractivity contribution in [3.8, 4) is 0 Å². The average molecular weight is 489 g/mol. The Morgan fingerprint density at radius 2 is 1.82 bits per heavy atom. The minimum Gasteiger partial charge on any atom is -0.365 e. The Kier molecular flexibility index (Phi) is 6.99. The van der Waals surface area contributed by atoms with E-state index in [0.29, 0.717) is 36.7 Å². The molecular formula is C23H28N4O4S2. The number of piperazine rings is 1. The van der Waals surface area contributed by atoms with Crippen LogP contribution in [0.25, 0.3) is 6.08 Å². The number of sulfonamides is 1. The minimum absolute atomic E-state index is 0.224. The molecule has 1 aliphatic carbocycles. The molecule has 0 radical (unpaired) electrons. The van der Waals surface area contributed by atoms with Crippen molar-refractivity contribution in [2.45, 2.75) is 32.2 Å². The van der Waals surface area contributed by atoms with E-state index in [1.54, 1.807) is 13.0 Å². The molecule has 3 N–H and O–H groups in total. The summed E-state index contributed by atoms with van der Waals surface area (Å²) in [5.41, 5.74) is 7.81. The first-order chi connectivity index (χ1) is 15.8. The number of hydrogen-bond acceptors (Lipinski definition) is 6. The molecule has 33 heavy (non-hydrogen) atoms.